The molecule has 2 amide bonds. The third kappa shape index (κ3) is 2.96. The van der Waals surface area contributed by atoms with E-state index in [1.165, 1.54) is 12.1 Å². The number of nitrogens with zero attached hydrogens (tertiary/aromatic N) is 3. The molecule has 0 saturated carbocycles. The van der Waals surface area contributed by atoms with Crippen molar-refractivity contribution < 1.29 is 9.59 Å². The Labute approximate surface area is 110 Å². The number of carbonyl (C=O) groups is 2. The molecular formula is C13H12N4O2. The molecule has 0 bridgehead atoms. The molecule has 0 radical (unpaired) electrons. The molecule has 6 nitrogen and oxygen atoms in total. The van der Waals surface area contributed by atoms with Crippen LogP contribution in [-0.4, -0.2) is 29.6 Å². The molecule has 0 atom stereocenters. The van der Waals surface area contributed by atoms with Crippen LogP contribution in [0, 0.1) is 11.3 Å². The van der Waals surface area contributed by atoms with Crippen molar-refractivity contribution in [1.29, 1.82) is 5.26 Å². The fourth-order valence-electron chi connectivity index (χ4n) is 1.70. The minimum atomic E-state index is -0.352. The number of amides is 2. The molecule has 2 rings (SSSR count). The Kier molecular flexibility index (Phi) is 3.57. The van der Waals surface area contributed by atoms with Crippen molar-refractivity contribution in [3.63, 3.8) is 0 Å². The molecule has 1 N–H and O–H groups in total. The number of nitriles is 1. The summed E-state index contributed by atoms with van der Waals surface area (Å²) in [5.74, 6) is -0.461. The van der Waals surface area contributed by atoms with Gasteiger partial charge in [0.25, 0.3) is 5.91 Å². The van der Waals surface area contributed by atoms with Gasteiger partial charge < -0.3 is 5.32 Å². The molecule has 0 aromatic heterocycles. The predicted octanol–water partition coefficient (Wildman–Crippen LogP) is 1.10. The van der Waals surface area contributed by atoms with Crippen LogP contribution >= 0.6 is 0 Å². The predicted molar refractivity (Wildman–Crippen MR) is 69.2 cm³/mol. The van der Waals surface area contributed by atoms with Crippen molar-refractivity contribution in [1.82, 2.24) is 5.01 Å². The Morgan fingerprint density at radius 2 is 2.26 bits per heavy atom. The summed E-state index contributed by atoms with van der Waals surface area (Å²) in [5, 5.41) is 16.5. The molecule has 0 unspecified atom stereocenters. The van der Waals surface area contributed by atoms with Gasteiger partial charge in [0.1, 0.15) is 5.71 Å². The second kappa shape index (κ2) is 5.31. The maximum absolute atomic E-state index is 12.0. The van der Waals surface area contributed by atoms with Crippen LogP contribution in [0.1, 0.15) is 18.4 Å². The third-order valence-corrected chi connectivity index (χ3v) is 2.72. The van der Waals surface area contributed by atoms with Gasteiger partial charge in [-0.3, -0.25) is 9.59 Å². The molecule has 96 valence electrons. The minimum absolute atomic E-state index is 0.108. The van der Waals surface area contributed by atoms with E-state index in [0.717, 1.165) is 0 Å². The summed E-state index contributed by atoms with van der Waals surface area (Å²) in [4.78, 5) is 23.2. The summed E-state index contributed by atoms with van der Waals surface area (Å²) in [5.41, 5.74) is 1.31. The van der Waals surface area contributed by atoms with E-state index in [1.54, 1.807) is 24.3 Å². The number of hydrazone groups is 1. The van der Waals surface area contributed by atoms with E-state index in [4.69, 9.17) is 5.26 Å². The summed E-state index contributed by atoms with van der Waals surface area (Å²) in [7, 11) is 1.52. The molecule has 1 heterocycles. The first-order valence-electron chi connectivity index (χ1n) is 5.75. The first-order chi connectivity index (χ1) is 9.10. The van der Waals surface area contributed by atoms with Crippen molar-refractivity contribution in [2.24, 2.45) is 5.10 Å². The third-order valence-electron chi connectivity index (χ3n) is 2.72. The van der Waals surface area contributed by atoms with Crippen molar-refractivity contribution in [2.45, 2.75) is 12.8 Å². The second-order valence-corrected chi connectivity index (χ2v) is 4.11. The van der Waals surface area contributed by atoms with E-state index < -0.39 is 0 Å². The van der Waals surface area contributed by atoms with E-state index in [9.17, 15) is 9.59 Å². The molecule has 1 aromatic rings. The molecule has 1 aromatic carbocycles. The maximum atomic E-state index is 12.0. The largest absolute Gasteiger partial charge is 0.321 e. The number of nitrogens with one attached hydrogen (secondary N) is 1. The fraction of sp³-hybridized carbons (Fsp3) is 0.231. The monoisotopic (exact) mass is 256 g/mol. The van der Waals surface area contributed by atoms with Crippen LogP contribution < -0.4 is 5.32 Å². The van der Waals surface area contributed by atoms with E-state index in [1.807, 2.05) is 6.07 Å². The Balaban J connectivity index is 2.11. The molecular weight excluding hydrogens is 244 g/mol. The number of hydrogen-bond donors (Lipinski definition) is 1. The average Bonchev–Trinajstić information content (AvgIpc) is 2.42. The number of rotatable bonds is 2. The van der Waals surface area contributed by atoms with Gasteiger partial charge in [0.05, 0.1) is 11.6 Å². The van der Waals surface area contributed by atoms with Crippen LogP contribution in [0.25, 0.3) is 0 Å². The number of hydrogen-bond acceptors (Lipinski definition) is 4. The normalized spacial score (nSPS) is 14.6. The smallest absolute Gasteiger partial charge is 0.271 e. The van der Waals surface area contributed by atoms with Gasteiger partial charge in [0.15, 0.2) is 0 Å². The van der Waals surface area contributed by atoms with Gasteiger partial charge in [-0.05, 0) is 18.2 Å². The van der Waals surface area contributed by atoms with Crippen LogP contribution in [0.15, 0.2) is 29.4 Å². The zero-order valence-corrected chi connectivity index (χ0v) is 10.4. The summed E-state index contributed by atoms with van der Waals surface area (Å²) in [6.07, 6.45) is 0.605. The first kappa shape index (κ1) is 12.8. The van der Waals surface area contributed by atoms with E-state index >= 15 is 0 Å². The lowest BCUT2D eigenvalue weighted by molar-refractivity contribution is -0.130. The highest BCUT2D eigenvalue weighted by molar-refractivity contribution is 6.43. The molecule has 0 saturated heterocycles. The van der Waals surface area contributed by atoms with E-state index in [-0.39, 0.29) is 18.2 Å². The van der Waals surface area contributed by atoms with Crippen LogP contribution in [0.3, 0.4) is 0 Å². The molecule has 0 spiro atoms. The quantitative estimate of drug-likeness (QED) is 0.859. The van der Waals surface area contributed by atoms with E-state index in [2.05, 4.69) is 10.4 Å². The highest BCUT2D eigenvalue weighted by Gasteiger charge is 2.21. The number of carbonyl (C=O) groups excluding carboxylic acids is 2. The highest BCUT2D eigenvalue weighted by atomic mass is 16.2. The van der Waals surface area contributed by atoms with Crippen LogP contribution in [0.2, 0.25) is 0 Å². The van der Waals surface area contributed by atoms with Crippen molar-refractivity contribution in [3.8, 4) is 6.07 Å². The van der Waals surface area contributed by atoms with Gasteiger partial charge in [-0.1, -0.05) is 6.07 Å². The van der Waals surface area contributed by atoms with Gasteiger partial charge in [-0.25, -0.2) is 5.01 Å². The molecule has 19 heavy (non-hydrogen) atoms. The standard InChI is InChI=1S/C13H12N4O2/c1-17-12(18)6-5-11(16-17)13(19)15-10-4-2-3-9(7-10)8-14/h2-4,7H,5-6H2,1H3,(H,15,19). The second-order valence-electron chi connectivity index (χ2n) is 4.11. The lowest BCUT2D eigenvalue weighted by Gasteiger charge is -2.18. The average molecular weight is 256 g/mol. The molecule has 1 aliphatic rings. The molecule has 1 aliphatic heterocycles. The van der Waals surface area contributed by atoms with Gasteiger partial charge in [0.2, 0.25) is 5.91 Å². The number of anilines is 1. The summed E-state index contributed by atoms with van der Waals surface area (Å²) >= 11 is 0. The first-order valence-corrected chi connectivity index (χ1v) is 5.75. The molecule has 0 fully saturated rings. The van der Waals surface area contributed by atoms with Crippen LogP contribution in [-0.2, 0) is 9.59 Å². The lowest BCUT2D eigenvalue weighted by Crippen LogP contribution is -2.34. The minimum Gasteiger partial charge on any atom is -0.321 e. The zero-order valence-electron chi connectivity index (χ0n) is 10.4. The summed E-state index contributed by atoms with van der Waals surface area (Å²) in [6, 6.07) is 8.61. The Bertz CT molecular complexity index is 601. The summed E-state index contributed by atoms with van der Waals surface area (Å²) < 4.78 is 0. The molecule has 6 heteroatoms. The Morgan fingerprint density at radius 3 is 2.95 bits per heavy atom. The van der Waals surface area contributed by atoms with Gasteiger partial charge in [-0.2, -0.15) is 10.4 Å². The van der Waals surface area contributed by atoms with Gasteiger partial charge in [0, 0.05) is 25.6 Å². The van der Waals surface area contributed by atoms with Crippen LogP contribution in [0.5, 0.6) is 0 Å². The fourth-order valence-corrected chi connectivity index (χ4v) is 1.70. The Hall–Kier alpha value is -2.68. The lowest BCUT2D eigenvalue weighted by atomic mass is 10.1. The topological polar surface area (TPSA) is 85.6 Å². The number of benzene rings is 1. The highest BCUT2D eigenvalue weighted by Crippen LogP contribution is 2.12. The van der Waals surface area contributed by atoms with Gasteiger partial charge >= 0.3 is 0 Å². The van der Waals surface area contributed by atoms with Crippen LogP contribution in [0.4, 0.5) is 5.69 Å². The van der Waals surface area contributed by atoms with Gasteiger partial charge in [-0.15, -0.1) is 0 Å². The molecule has 0 aliphatic carbocycles. The van der Waals surface area contributed by atoms with Crippen molar-refractivity contribution in [3.05, 3.63) is 29.8 Å². The Morgan fingerprint density at radius 1 is 1.47 bits per heavy atom. The van der Waals surface area contributed by atoms with Crippen molar-refractivity contribution >= 4 is 23.2 Å². The SMILES string of the molecule is CN1N=C(C(=O)Nc2cccc(C#N)c2)CCC1=O. The summed E-state index contributed by atoms with van der Waals surface area (Å²) in [6.45, 7) is 0. The maximum Gasteiger partial charge on any atom is 0.271 e. The van der Waals surface area contributed by atoms with E-state index in [0.29, 0.717) is 23.4 Å². The van der Waals surface area contributed by atoms with Crippen molar-refractivity contribution in [2.75, 3.05) is 12.4 Å². The zero-order chi connectivity index (χ0) is 13.8.